The lowest BCUT2D eigenvalue weighted by molar-refractivity contribution is 0.340. The van der Waals surface area contributed by atoms with Crippen molar-refractivity contribution in [2.75, 3.05) is 13.2 Å². The molecule has 1 aromatic heterocycles. The first-order valence-electron chi connectivity index (χ1n) is 6.10. The summed E-state index contributed by atoms with van der Waals surface area (Å²) >= 11 is 0. The van der Waals surface area contributed by atoms with Crippen LogP contribution in [0.15, 0.2) is 24.3 Å². The third-order valence-corrected chi connectivity index (χ3v) is 2.57. The largest absolute Gasteiger partial charge is 0.494 e. The van der Waals surface area contributed by atoms with E-state index >= 15 is 0 Å². The minimum atomic E-state index is 0.562. The van der Waals surface area contributed by atoms with Crippen LogP contribution in [-0.4, -0.2) is 27.9 Å². The number of nitrogens with two attached hydrogens (primary N) is 1. The predicted molar refractivity (Wildman–Crippen MR) is 70.0 cm³/mol. The first-order chi connectivity index (χ1) is 8.74. The van der Waals surface area contributed by atoms with Crippen molar-refractivity contribution >= 4 is 0 Å². The number of aryl methyl sites for hydroxylation is 1. The van der Waals surface area contributed by atoms with E-state index in [-0.39, 0.29) is 0 Å². The lowest BCUT2D eigenvalue weighted by Gasteiger charge is -2.05. The molecule has 0 saturated carbocycles. The summed E-state index contributed by atoms with van der Waals surface area (Å²) in [6.45, 7) is 5.13. The van der Waals surface area contributed by atoms with Gasteiger partial charge in [0.05, 0.1) is 12.3 Å². The Morgan fingerprint density at radius 1 is 1.28 bits per heavy atom. The van der Waals surface area contributed by atoms with E-state index < -0.39 is 0 Å². The molecule has 1 heterocycles. The van der Waals surface area contributed by atoms with Crippen LogP contribution in [-0.2, 0) is 6.42 Å². The van der Waals surface area contributed by atoms with Crippen molar-refractivity contribution in [1.82, 2.24) is 14.8 Å². The summed E-state index contributed by atoms with van der Waals surface area (Å²) in [6, 6.07) is 7.81. The summed E-state index contributed by atoms with van der Waals surface area (Å²) in [7, 11) is 0. The van der Waals surface area contributed by atoms with Crippen molar-refractivity contribution < 1.29 is 4.74 Å². The van der Waals surface area contributed by atoms with Crippen molar-refractivity contribution in [3.05, 3.63) is 35.9 Å². The zero-order valence-corrected chi connectivity index (χ0v) is 10.8. The maximum atomic E-state index is 5.51. The Morgan fingerprint density at radius 2 is 2.00 bits per heavy atom. The van der Waals surface area contributed by atoms with Gasteiger partial charge in [0, 0.05) is 6.42 Å². The summed E-state index contributed by atoms with van der Waals surface area (Å²) in [6.07, 6.45) is 0.699. The Bertz CT molecular complexity index is 504. The first-order valence-corrected chi connectivity index (χ1v) is 6.10. The van der Waals surface area contributed by atoms with E-state index in [2.05, 4.69) is 10.1 Å². The van der Waals surface area contributed by atoms with Crippen molar-refractivity contribution in [1.29, 1.82) is 0 Å². The minimum Gasteiger partial charge on any atom is -0.494 e. The maximum Gasteiger partial charge on any atom is 0.152 e. The summed E-state index contributed by atoms with van der Waals surface area (Å²) in [5, 5.41) is 4.43. The van der Waals surface area contributed by atoms with Crippen LogP contribution < -0.4 is 10.5 Å². The van der Waals surface area contributed by atoms with Gasteiger partial charge in [0.2, 0.25) is 0 Å². The van der Waals surface area contributed by atoms with Gasteiger partial charge in [-0.2, -0.15) is 5.10 Å². The molecule has 0 aliphatic heterocycles. The van der Waals surface area contributed by atoms with E-state index in [1.807, 2.05) is 42.8 Å². The number of nitrogens with zero attached hydrogens (tertiary/aromatic N) is 3. The average molecular weight is 246 g/mol. The molecule has 2 aromatic rings. The normalized spacial score (nSPS) is 10.6. The van der Waals surface area contributed by atoms with Crippen LogP contribution in [0.1, 0.15) is 18.6 Å². The molecule has 2 rings (SSSR count). The van der Waals surface area contributed by atoms with Crippen molar-refractivity contribution in [2.45, 2.75) is 20.3 Å². The van der Waals surface area contributed by atoms with E-state index in [0.29, 0.717) is 19.6 Å². The number of rotatable bonds is 5. The number of aromatic nitrogens is 3. The average Bonchev–Trinajstić information content (AvgIpc) is 2.72. The molecule has 96 valence electrons. The van der Waals surface area contributed by atoms with Crippen LogP contribution in [0.3, 0.4) is 0 Å². The molecule has 0 unspecified atom stereocenters. The van der Waals surface area contributed by atoms with Gasteiger partial charge in [-0.3, -0.25) is 0 Å². The second-order valence-corrected chi connectivity index (χ2v) is 3.95. The Labute approximate surface area is 107 Å². The summed E-state index contributed by atoms with van der Waals surface area (Å²) in [5.41, 5.74) is 6.48. The van der Waals surface area contributed by atoms with E-state index in [1.165, 1.54) is 0 Å². The van der Waals surface area contributed by atoms with Gasteiger partial charge < -0.3 is 10.5 Å². The minimum absolute atomic E-state index is 0.562. The summed E-state index contributed by atoms with van der Waals surface area (Å²) in [5.74, 6) is 2.51. The smallest absolute Gasteiger partial charge is 0.152 e. The molecular formula is C13H18N4O. The number of hydrogen-bond acceptors (Lipinski definition) is 4. The highest BCUT2D eigenvalue weighted by Gasteiger charge is 2.07. The Morgan fingerprint density at radius 3 is 2.61 bits per heavy atom. The van der Waals surface area contributed by atoms with Crippen molar-refractivity contribution in [2.24, 2.45) is 5.73 Å². The van der Waals surface area contributed by atoms with Crippen molar-refractivity contribution in [3.63, 3.8) is 0 Å². The molecule has 0 saturated heterocycles. The lowest BCUT2D eigenvalue weighted by Crippen LogP contribution is -2.05. The molecule has 0 spiro atoms. The topological polar surface area (TPSA) is 66.0 Å². The highest BCUT2D eigenvalue weighted by Crippen LogP contribution is 2.16. The fourth-order valence-electron chi connectivity index (χ4n) is 1.77. The van der Waals surface area contributed by atoms with Gasteiger partial charge in [-0.25, -0.2) is 9.67 Å². The quantitative estimate of drug-likeness (QED) is 0.867. The molecular weight excluding hydrogens is 228 g/mol. The molecule has 0 bridgehead atoms. The molecule has 18 heavy (non-hydrogen) atoms. The van der Waals surface area contributed by atoms with Gasteiger partial charge >= 0.3 is 0 Å². The van der Waals surface area contributed by atoms with Gasteiger partial charge in [-0.1, -0.05) is 0 Å². The van der Waals surface area contributed by atoms with E-state index in [9.17, 15) is 0 Å². The zero-order valence-electron chi connectivity index (χ0n) is 10.8. The zero-order chi connectivity index (χ0) is 13.0. The SMILES string of the molecule is CCOc1ccc(-n2nc(CCN)nc2C)cc1. The van der Waals surface area contributed by atoms with Crippen LogP contribution in [0.4, 0.5) is 0 Å². The second-order valence-electron chi connectivity index (χ2n) is 3.95. The molecule has 0 radical (unpaired) electrons. The third-order valence-electron chi connectivity index (χ3n) is 2.57. The summed E-state index contributed by atoms with van der Waals surface area (Å²) in [4.78, 5) is 4.38. The van der Waals surface area contributed by atoms with Gasteiger partial charge in [-0.05, 0) is 44.7 Å². The fourth-order valence-corrected chi connectivity index (χ4v) is 1.77. The van der Waals surface area contributed by atoms with E-state index in [4.69, 9.17) is 10.5 Å². The molecule has 0 aliphatic rings. The Hall–Kier alpha value is -1.88. The van der Waals surface area contributed by atoms with Crippen LogP contribution >= 0.6 is 0 Å². The number of benzene rings is 1. The standard InChI is InChI=1S/C13H18N4O/c1-3-18-12-6-4-11(5-7-12)17-10(2)15-13(16-17)8-9-14/h4-7H,3,8-9,14H2,1-2H3. The molecule has 0 fully saturated rings. The molecule has 0 amide bonds. The van der Waals surface area contributed by atoms with Gasteiger partial charge in [0.1, 0.15) is 11.6 Å². The third kappa shape index (κ3) is 2.68. The fraction of sp³-hybridized carbons (Fsp3) is 0.385. The van der Waals surface area contributed by atoms with Gasteiger partial charge in [0.25, 0.3) is 0 Å². The number of hydrogen-bond donors (Lipinski definition) is 1. The van der Waals surface area contributed by atoms with Gasteiger partial charge in [-0.15, -0.1) is 0 Å². The van der Waals surface area contributed by atoms with Crippen molar-refractivity contribution in [3.8, 4) is 11.4 Å². The number of ether oxygens (including phenoxy) is 1. The lowest BCUT2D eigenvalue weighted by atomic mass is 10.3. The van der Waals surface area contributed by atoms with Crippen LogP contribution in [0, 0.1) is 6.92 Å². The molecule has 5 nitrogen and oxygen atoms in total. The van der Waals surface area contributed by atoms with Crippen LogP contribution in [0.5, 0.6) is 5.75 Å². The monoisotopic (exact) mass is 246 g/mol. The Balaban J connectivity index is 2.24. The Kier molecular flexibility index (Phi) is 3.94. The van der Waals surface area contributed by atoms with Crippen LogP contribution in [0.2, 0.25) is 0 Å². The van der Waals surface area contributed by atoms with E-state index in [0.717, 1.165) is 23.1 Å². The highest BCUT2D eigenvalue weighted by atomic mass is 16.5. The van der Waals surface area contributed by atoms with E-state index in [1.54, 1.807) is 0 Å². The summed E-state index contributed by atoms with van der Waals surface area (Å²) < 4.78 is 7.23. The molecule has 0 aliphatic carbocycles. The first kappa shape index (κ1) is 12.6. The highest BCUT2D eigenvalue weighted by molar-refractivity contribution is 5.37. The van der Waals surface area contributed by atoms with Crippen LogP contribution in [0.25, 0.3) is 5.69 Å². The predicted octanol–water partition coefficient (Wildman–Crippen LogP) is 1.48. The maximum absolute atomic E-state index is 5.51. The molecule has 5 heteroatoms. The molecule has 2 N–H and O–H groups in total. The van der Waals surface area contributed by atoms with Gasteiger partial charge in [0.15, 0.2) is 5.82 Å². The molecule has 1 aromatic carbocycles. The second kappa shape index (κ2) is 5.64. The molecule has 0 atom stereocenters.